The molecule has 0 aliphatic heterocycles. The summed E-state index contributed by atoms with van der Waals surface area (Å²) in [6.07, 6.45) is 9.79. The fraction of sp³-hybridized carbons (Fsp3) is 0.429. The number of hydrogen-bond donors (Lipinski definition) is 1. The molecule has 4 nitrogen and oxygen atoms in total. The summed E-state index contributed by atoms with van der Waals surface area (Å²) in [5, 5.41) is 12.6. The van der Waals surface area contributed by atoms with E-state index in [0.29, 0.717) is 16.6 Å². The maximum atomic E-state index is 6.15. The average Bonchev–Trinajstić information content (AvgIpc) is 2.64. The predicted octanol–water partition coefficient (Wildman–Crippen LogP) is 4.46. The second kappa shape index (κ2) is 8.53. The first-order valence-corrected chi connectivity index (χ1v) is 9.42. The van der Waals surface area contributed by atoms with E-state index in [1.807, 2.05) is 31.2 Å². The molecule has 1 N–H and O–H groups in total. The van der Waals surface area contributed by atoms with Crippen molar-refractivity contribution >= 4 is 11.6 Å². The summed E-state index contributed by atoms with van der Waals surface area (Å²) in [5.41, 5.74) is 2.62. The highest BCUT2D eigenvalue weighted by molar-refractivity contribution is 6.31. The van der Waals surface area contributed by atoms with Crippen molar-refractivity contribution < 1.29 is 4.74 Å². The Kier molecular flexibility index (Phi) is 6.13. The average molecular weight is 370 g/mol. The molecule has 1 fully saturated rings. The van der Waals surface area contributed by atoms with Crippen LogP contribution < -0.4 is 10.1 Å². The molecule has 1 aliphatic carbocycles. The summed E-state index contributed by atoms with van der Waals surface area (Å²) >= 11 is 6.15. The van der Waals surface area contributed by atoms with Gasteiger partial charge >= 0.3 is 0 Å². The van der Waals surface area contributed by atoms with Crippen LogP contribution in [-0.4, -0.2) is 22.3 Å². The van der Waals surface area contributed by atoms with E-state index >= 15 is 0 Å². The van der Waals surface area contributed by atoms with Crippen molar-refractivity contribution in [3.05, 3.63) is 52.3 Å². The molecule has 0 amide bonds. The summed E-state index contributed by atoms with van der Waals surface area (Å²) in [6.45, 7) is 4.08. The number of hydrogen-bond acceptors (Lipinski definition) is 4. The number of benzene rings is 1. The molecule has 1 saturated carbocycles. The van der Waals surface area contributed by atoms with Crippen molar-refractivity contribution in [2.75, 3.05) is 0 Å². The molecule has 2 aromatic rings. The van der Waals surface area contributed by atoms with Crippen LogP contribution >= 0.6 is 11.6 Å². The van der Waals surface area contributed by atoms with Gasteiger partial charge in [-0.25, -0.2) is 0 Å². The first-order chi connectivity index (χ1) is 12.5. The third-order valence-corrected chi connectivity index (χ3v) is 5.13. The summed E-state index contributed by atoms with van der Waals surface area (Å²) < 4.78 is 6.08. The molecular formula is C21H24ClN3O. The number of nitrogens with one attached hydrogen (secondary N) is 1. The Bertz CT molecular complexity index is 777. The molecule has 136 valence electrons. The van der Waals surface area contributed by atoms with E-state index in [0.717, 1.165) is 42.8 Å². The van der Waals surface area contributed by atoms with Crippen LogP contribution in [0.15, 0.2) is 30.3 Å². The molecule has 5 heteroatoms. The van der Waals surface area contributed by atoms with Gasteiger partial charge in [0.25, 0.3) is 0 Å². The SMILES string of the molecule is C#Cc1ccc(O[C@H]2CC[C@H](NC(C)c3ccc(C)nn3)CC2)cc1Cl. The van der Waals surface area contributed by atoms with Crippen LogP contribution in [0, 0.1) is 19.3 Å². The third kappa shape index (κ3) is 4.75. The van der Waals surface area contributed by atoms with Crippen LogP contribution in [0.25, 0.3) is 0 Å². The Morgan fingerprint density at radius 3 is 2.58 bits per heavy atom. The molecule has 26 heavy (non-hydrogen) atoms. The number of nitrogens with zero attached hydrogens (tertiary/aromatic N) is 2. The minimum Gasteiger partial charge on any atom is -0.490 e. The van der Waals surface area contributed by atoms with E-state index in [1.165, 1.54) is 0 Å². The van der Waals surface area contributed by atoms with Crippen LogP contribution in [0.1, 0.15) is 55.6 Å². The lowest BCUT2D eigenvalue weighted by Gasteiger charge is -2.31. The molecule has 0 spiro atoms. The fourth-order valence-corrected chi connectivity index (χ4v) is 3.53. The highest BCUT2D eigenvalue weighted by Crippen LogP contribution is 2.28. The number of halogens is 1. The first-order valence-electron chi connectivity index (χ1n) is 9.04. The standard InChI is InChI=1S/C21H24ClN3O/c1-4-16-6-9-19(13-20(16)22)26-18-10-7-17(8-11-18)23-15(3)21-12-5-14(2)24-25-21/h1,5-6,9,12-13,15,17-18,23H,7-8,10-11H2,2-3H3/t15?,17-,18-. The molecule has 1 aromatic carbocycles. The number of ether oxygens (including phenoxy) is 1. The van der Waals surface area contributed by atoms with Crippen molar-refractivity contribution in [2.45, 2.75) is 57.7 Å². The van der Waals surface area contributed by atoms with Gasteiger partial charge in [-0.05, 0) is 63.8 Å². The van der Waals surface area contributed by atoms with Gasteiger partial charge in [0.2, 0.25) is 0 Å². The second-order valence-electron chi connectivity index (χ2n) is 6.87. The van der Waals surface area contributed by atoms with E-state index < -0.39 is 0 Å². The Labute approximate surface area is 160 Å². The van der Waals surface area contributed by atoms with E-state index in [4.69, 9.17) is 22.8 Å². The van der Waals surface area contributed by atoms with Crippen LogP contribution in [-0.2, 0) is 0 Å². The smallest absolute Gasteiger partial charge is 0.121 e. The first kappa shape index (κ1) is 18.7. The van der Waals surface area contributed by atoms with Gasteiger partial charge in [-0.2, -0.15) is 10.2 Å². The molecule has 1 aliphatic rings. The maximum Gasteiger partial charge on any atom is 0.121 e. The maximum absolute atomic E-state index is 6.15. The van der Waals surface area contributed by atoms with E-state index in [-0.39, 0.29) is 12.1 Å². The molecule has 1 aromatic heterocycles. The number of aryl methyl sites for hydroxylation is 1. The van der Waals surface area contributed by atoms with Gasteiger partial charge in [-0.1, -0.05) is 17.5 Å². The molecule has 0 bridgehead atoms. The molecule has 0 radical (unpaired) electrons. The van der Waals surface area contributed by atoms with Gasteiger partial charge in [-0.3, -0.25) is 0 Å². The van der Waals surface area contributed by atoms with Gasteiger partial charge in [0.05, 0.1) is 22.5 Å². The van der Waals surface area contributed by atoms with Crippen molar-refractivity contribution in [3.63, 3.8) is 0 Å². The number of terminal acetylenes is 1. The lowest BCUT2D eigenvalue weighted by atomic mass is 9.92. The van der Waals surface area contributed by atoms with Crippen molar-refractivity contribution in [2.24, 2.45) is 0 Å². The normalized spacial score (nSPS) is 21.0. The fourth-order valence-electron chi connectivity index (χ4n) is 3.31. The number of rotatable bonds is 5. The summed E-state index contributed by atoms with van der Waals surface area (Å²) in [4.78, 5) is 0. The Morgan fingerprint density at radius 2 is 1.96 bits per heavy atom. The lowest BCUT2D eigenvalue weighted by Crippen LogP contribution is -2.37. The van der Waals surface area contributed by atoms with Gasteiger partial charge in [-0.15, -0.1) is 6.42 Å². The lowest BCUT2D eigenvalue weighted by molar-refractivity contribution is 0.137. The number of aromatic nitrogens is 2. The van der Waals surface area contributed by atoms with E-state index in [2.05, 4.69) is 28.4 Å². The highest BCUT2D eigenvalue weighted by Gasteiger charge is 2.24. The van der Waals surface area contributed by atoms with Crippen LogP contribution in [0.4, 0.5) is 0 Å². The van der Waals surface area contributed by atoms with Crippen LogP contribution in [0.5, 0.6) is 5.75 Å². The minimum atomic E-state index is 0.195. The van der Waals surface area contributed by atoms with Crippen LogP contribution in [0.2, 0.25) is 5.02 Å². The van der Waals surface area contributed by atoms with Crippen LogP contribution in [0.3, 0.4) is 0 Å². The van der Waals surface area contributed by atoms with Crippen molar-refractivity contribution in [1.82, 2.24) is 15.5 Å². The Hall–Kier alpha value is -2.09. The van der Waals surface area contributed by atoms with Crippen molar-refractivity contribution in [3.8, 4) is 18.1 Å². The second-order valence-corrected chi connectivity index (χ2v) is 7.27. The molecule has 0 saturated heterocycles. The summed E-state index contributed by atoms with van der Waals surface area (Å²) in [7, 11) is 0. The zero-order valence-electron chi connectivity index (χ0n) is 15.2. The molecule has 1 atom stereocenters. The minimum absolute atomic E-state index is 0.195. The summed E-state index contributed by atoms with van der Waals surface area (Å²) in [5.74, 6) is 3.35. The Balaban J connectivity index is 1.49. The largest absolute Gasteiger partial charge is 0.490 e. The molecule has 3 rings (SSSR count). The Morgan fingerprint density at radius 1 is 1.19 bits per heavy atom. The molecular weight excluding hydrogens is 346 g/mol. The molecule has 1 heterocycles. The van der Waals surface area contributed by atoms with Gasteiger partial charge in [0.1, 0.15) is 5.75 Å². The molecule has 1 unspecified atom stereocenters. The van der Waals surface area contributed by atoms with E-state index in [1.54, 1.807) is 6.07 Å². The quantitative estimate of drug-likeness (QED) is 0.790. The monoisotopic (exact) mass is 369 g/mol. The zero-order chi connectivity index (χ0) is 18.5. The van der Waals surface area contributed by atoms with Gasteiger partial charge < -0.3 is 10.1 Å². The predicted molar refractivity (Wildman–Crippen MR) is 104 cm³/mol. The summed E-state index contributed by atoms with van der Waals surface area (Å²) in [6, 6.07) is 10.2. The third-order valence-electron chi connectivity index (χ3n) is 4.82. The zero-order valence-corrected chi connectivity index (χ0v) is 16.0. The van der Waals surface area contributed by atoms with Gasteiger partial charge in [0, 0.05) is 23.7 Å². The van der Waals surface area contributed by atoms with Gasteiger partial charge in [0.15, 0.2) is 0 Å². The van der Waals surface area contributed by atoms with E-state index in [9.17, 15) is 0 Å². The van der Waals surface area contributed by atoms with Crippen molar-refractivity contribution in [1.29, 1.82) is 0 Å². The highest BCUT2D eigenvalue weighted by atomic mass is 35.5. The topological polar surface area (TPSA) is 47.0 Å².